The van der Waals surface area contributed by atoms with Gasteiger partial charge in [-0.25, -0.2) is 0 Å². The zero-order valence-electron chi connectivity index (χ0n) is 12.8. The molecule has 3 rings (SSSR count). The third kappa shape index (κ3) is 4.57. The molecule has 0 fully saturated rings. The first-order chi connectivity index (χ1) is 11.8. The van der Waals surface area contributed by atoms with Gasteiger partial charge in [0.2, 0.25) is 5.16 Å². The highest BCUT2D eigenvalue weighted by atomic mass is 35.5. The van der Waals surface area contributed by atoms with Gasteiger partial charge in [0.25, 0.3) is 0 Å². The molecule has 1 heterocycles. The van der Waals surface area contributed by atoms with Crippen LogP contribution >= 0.6 is 23.4 Å². The monoisotopic (exact) mass is 354 g/mol. The molecular formula is C18H15ClN4S. The van der Waals surface area contributed by atoms with E-state index >= 15 is 0 Å². The molecule has 4 nitrogen and oxygen atoms in total. The lowest BCUT2D eigenvalue weighted by Gasteiger charge is -2.02. The average Bonchev–Trinajstić information content (AvgIpc) is 3.06. The maximum Gasteiger partial charge on any atom is 0.212 e. The van der Waals surface area contributed by atoms with Gasteiger partial charge in [0.15, 0.2) is 0 Å². The highest BCUT2D eigenvalue weighted by Gasteiger charge is 2.06. The standard InChI is InChI=1S/C18H15ClN4S/c19-17-11-5-4-10-16(17)13-24-18-22-20-14-23(18)21-12-6-9-15-7-2-1-3-8-15/h1-12,14H,13H2/b9-6-,21-12-. The Bertz CT molecular complexity index is 843. The van der Waals surface area contributed by atoms with Crippen molar-refractivity contribution < 1.29 is 0 Å². The Labute approximate surface area is 149 Å². The number of benzene rings is 2. The number of halogens is 1. The molecule has 0 N–H and O–H groups in total. The number of rotatable bonds is 6. The lowest BCUT2D eigenvalue weighted by molar-refractivity contribution is 0.767. The van der Waals surface area contributed by atoms with E-state index in [1.165, 1.54) is 0 Å². The molecule has 0 saturated carbocycles. The molecule has 24 heavy (non-hydrogen) atoms. The Morgan fingerprint density at radius 2 is 1.88 bits per heavy atom. The molecular weight excluding hydrogens is 340 g/mol. The van der Waals surface area contributed by atoms with Crippen molar-refractivity contribution in [3.63, 3.8) is 0 Å². The summed E-state index contributed by atoms with van der Waals surface area (Å²) in [6.45, 7) is 0. The van der Waals surface area contributed by atoms with Crippen LogP contribution in [0.15, 0.2) is 77.3 Å². The predicted octanol–water partition coefficient (Wildman–Crippen LogP) is 4.77. The predicted molar refractivity (Wildman–Crippen MR) is 100 cm³/mol. The molecule has 0 radical (unpaired) electrons. The highest BCUT2D eigenvalue weighted by molar-refractivity contribution is 7.98. The van der Waals surface area contributed by atoms with Crippen molar-refractivity contribution in [1.29, 1.82) is 0 Å². The summed E-state index contributed by atoms with van der Waals surface area (Å²) >= 11 is 7.71. The maximum atomic E-state index is 6.17. The zero-order chi connectivity index (χ0) is 16.6. The molecule has 6 heteroatoms. The van der Waals surface area contributed by atoms with Crippen molar-refractivity contribution >= 4 is 35.7 Å². The van der Waals surface area contributed by atoms with Gasteiger partial charge < -0.3 is 0 Å². The lowest BCUT2D eigenvalue weighted by atomic mass is 10.2. The summed E-state index contributed by atoms with van der Waals surface area (Å²) in [6.07, 6.45) is 7.18. The van der Waals surface area contributed by atoms with E-state index in [2.05, 4.69) is 15.3 Å². The zero-order valence-corrected chi connectivity index (χ0v) is 14.4. The number of aromatic nitrogens is 3. The molecule has 0 aliphatic heterocycles. The van der Waals surface area contributed by atoms with Crippen LogP contribution in [0.2, 0.25) is 5.02 Å². The van der Waals surface area contributed by atoms with E-state index in [9.17, 15) is 0 Å². The van der Waals surface area contributed by atoms with Crippen molar-refractivity contribution in [2.45, 2.75) is 10.9 Å². The van der Waals surface area contributed by atoms with E-state index in [4.69, 9.17) is 11.6 Å². The molecule has 0 spiro atoms. The van der Waals surface area contributed by atoms with E-state index < -0.39 is 0 Å². The number of thioether (sulfide) groups is 1. The van der Waals surface area contributed by atoms with Crippen LogP contribution in [0, 0.1) is 0 Å². The number of nitrogens with zero attached hydrogens (tertiary/aromatic N) is 4. The third-order valence-corrected chi connectivity index (χ3v) is 4.53. The summed E-state index contributed by atoms with van der Waals surface area (Å²) in [5.41, 5.74) is 2.19. The summed E-state index contributed by atoms with van der Waals surface area (Å²) in [4.78, 5) is 0. The van der Waals surface area contributed by atoms with Crippen LogP contribution in [-0.4, -0.2) is 21.1 Å². The third-order valence-electron chi connectivity index (χ3n) is 3.18. The van der Waals surface area contributed by atoms with Crippen LogP contribution in [0.4, 0.5) is 0 Å². The Hall–Kier alpha value is -2.37. The SMILES string of the molecule is Clc1ccccc1CSc1nncn1/N=C\C=C/c1ccccc1. The second kappa shape index (κ2) is 8.47. The normalized spacial score (nSPS) is 11.5. The van der Waals surface area contributed by atoms with Gasteiger partial charge in [-0.2, -0.15) is 9.78 Å². The van der Waals surface area contributed by atoms with Crippen LogP contribution in [0.5, 0.6) is 0 Å². The Balaban J connectivity index is 1.62. The van der Waals surface area contributed by atoms with E-state index in [0.29, 0.717) is 5.75 Å². The Kier molecular flexibility index (Phi) is 5.82. The molecule has 0 aliphatic rings. The first kappa shape index (κ1) is 16.5. The molecule has 0 aliphatic carbocycles. The van der Waals surface area contributed by atoms with Gasteiger partial charge in [-0.05, 0) is 23.3 Å². The minimum Gasteiger partial charge on any atom is -0.195 e. The molecule has 1 aromatic heterocycles. The first-order valence-electron chi connectivity index (χ1n) is 7.35. The van der Waals surface area contributed by atoms with Gasteiger partial charge in [-0.1, -0.05) is 78.0 Å². The molecule has 120 valence electrons. The van der Waals surface area contributed by atoms with Gasteiger partial charge in [0.1, 0.15) is 6.33 Å². The van der Waals surface area contributed by atoms with E-state index in [0.717, 1.165) is 21.3 Å². The molecule has 3 aromatic rings. The molecule has 0 amide bonds. The highest BCUT2D eigenvalue weighted by Crippen LogP contribution is 2.25. The fourth-order valence-electron chi connectivity index (χ4n) is 1.98. The minimum atomic E-state index is 0.716. The van der Waals surface area contributed by atoms with E-state index in [-0.39, 0.29) is 0 Å². The second-order valence-corrected chi connectivity index (χ2v) is 6.22. The number of allylic oxidation sites excluding steroid dienone is 1. The van der Waals surface area contributed by atoms with Crippen molar-refractivity contribution in [3.05, 3.63) is 83.2 Å². The smallest absolute Gasteiger partial charge is 0.195 e. The lowest BCUT2D eigenvalue weighted by Crippen LogP contribution is -1.91. The van der Waals surface area contributed by atoms with Crippen molar-refractivity contribution in [2.75, 3.05) is 0 Å². The van der Waals surface area contributed by atoms with Crippen LogP contribution in [-0.2, 0) is 5.75 Å². The topological polar surface area (TPSA) is 43.1 Å². The summed E-state index contributed by atoms with van der Waals surface area (Å²) < 4.78 is 1.65. The Morgan fingerprint density at radius 1 is 1.08 bits per heavy atom. The quantitative estimate of drug-likeness (QED) is 0.473. The summed E-state index contributed by atoms with van der Waals surface area (Å²) in [6, 6.07) is 17.8. The second-order valence-electron chi connectivity index (χ2n) is 4.87. The Morgan fingerprint density at radius 3 is 2.71 bits per heavy atom. The fourth-order valence-corrected chi connectivity index (χ4v) is 3.13. The number of hydrogen-bond donors (Lipinski definition) is 0. The summed E-state index contributed by atoms with van der Waals surface area (Å²) in [5, 5.41) is 13.8. The van der Waals surface area contributed by atoms with E-state index in [1.54, 1.807) is 29.0 Å². The van der Waals surface area contributed by atoms with Crippen LogP contribution < -0.4 is 0 Å². The van der Waals surface area contributed by atoms with Gasteiger partial charge in [0.05, 0.1) is 0 Å². The summed E-state index contributed by atoms with van der Waals surface area (Å²) in [5.74, 6) is 0.716. The fraction of sp³-hybridized carbons (Fsp3) is 0.0556. The molecule has 0 saturated heterocycles. The molecule has 0 unspecified atom stereocenters. The average molecular weight is 355 g/mol. The summed E-state index contributed by atoms with van der Waals surface area (Å²) in [7, 11) is 0. The van der Waals surface area contributed by atoms with Crippen molar-refractivity contribution in [3.8, 4) is 0 Å². The minimum absolute atomic E-state index is 0.716. The van der Waals surface area contributed by atoms with Crippen LogP contribution in [0.1, 0.15) is 11.1 Å². The first-order valence-corrected chi connectivity index (χ1v) is 8.71. The molecule has 2 aromatic carbocycles. The van der Waals surface area contributed by atoms with Gasteiger partial charge in [-0.3, -0.25) is 0 Å². The largest absolute Gasteiger partial charge is 0.212 e. The molecule has 0 bridgehead atoms. The number of hydrogen-bond acceptors (Lipinski definition) is 4. The van der Waals surface area contributed by atoms with Gasteiger partial charge in [0, 0.05) is 17.0 Å². The molecule has 0 atom stereocenters. The van der Waals surface area contributed by atoms with Crippen LogP contribution in [0.3, 0.4) is 0 Å². The van der Waals surface area contributed by atoms with Crippen molar-refractivity contribution in [2.24, 2.45) is 5.10 Å². The van der Waals surface area contributed by atoms with Gasteiger partial charge in [-0.15, -0.1) is 10.2 Å². The van der Waals surface area contributed by atoms with E-state index in [1.807, 2.05) is 66.7 Å². The van der Waals surface area contributed by atoms with Crippen LogP contribution in [0.25, 0.3) is 6.08 Å². The van der Waals surface area contributed by atoms with Crippen molar-refractivity contribution in [1.82, 2.24) is 14.9 Å². The maximum absolute atomic E-state index is 6.17. The van der Waals surface area contributed by atoms with Gasteiger partial charge >= 0.3 is 0 Å².